The predicted molar refractivity (Wildman–Crippen MR) is 131 cm³/mol. The Labute approximate surface area is 196 Å². The average Bonchev–Trinajstić information content (AvgIpc) is 3.23. The summed E-state index contributed by atoms with van der Waals surface area (Å²) >= 11 is 1.52. The van der Waals surface area contributed by atoms with E-state index in [-0.39, 0.29) is 11.6 Å². The third-order valence-electron chi connectivity index (χ3n) is 5.58. The van der Waals surface area contributed by atoms with Gasteiger partial charge in [0.25, 0.3) is 11.6 Å². The Balaban J connectivity index is 1.58. The summed E-state index contributed by atoms with van der Waals surface area (Å²) in [6.07, 6.45) is 3.18. The molecule has 0 unspecified atom stereocenters. The van der Waals surface area contributed by atoms with Crippen molar-refractivity contribution in [3.05, 3.63) is 69.3 Å². The summed E-state index contributed by atoms with van der Waals surface area (Å²) < 4.78 is 6.49. The van der Waals surface area contributed by atoms with E-state index in [0.717, 1.165) is 41.0 Å². The molecule has 0 N–H and O–H groups in total. The van der Waals surface area contributed by atoms with Crippen LogP contribution in [0.4, 0.5) is 10.8 Å². The lowest BCUT2D eigenvalue weighted by molar-refractivity contribution is -0.384. The Morgan fingerprint density at radius 2 is 1.97 bits per heavy atom. The highest BCUT2D eigenvalue weighted by atomic mass is 32.1. The molecule has 1 saturated heterocycles. The van der Waals surface area contributed by atoms with Crippen molar-refractivity contribution in [3.8, 4) is 0 Å². The number of nitrogens with zero attached hydrogens (tertiary/aromatic N) is 4. The van der Waals surface area contributed by atoms with Gasteiger partial charge in [0.15, 0.2) is 5.13 Å². The number of nitro benzene ring substituents is 1. The van der Waals surface area contributed by atoms with Crippen LogP contribution >= 0.6 is 11.3 Å². The minimum absolute atomic E-state index is 0.0192. The van der Waals surface area contributed by atoms with E-state index in [4.69, 9.17) is 9.72 Å². The molecule has 1 aromatic heterocycles. The number of non-ortho nitro benzene ring substituents is 1. The predicted octanol–water partition coefficient (Wildman–Crippen LogP) is 4.20. The van der Waals surface area contributed by atoms with E-state index in [2.05, 4.69) is 24.0 Å². The van der Waals surface area contributed by atoms with Gasteiger partial charge in [0.05, 0.1) is 28.4 Å². The van der Waals surface area contributed by atoms with Crippen molar-refractivity contribution in [2.75, 3.05) is 44.3 Å². The summed E-state index contributed by atoms with van der Waals surface area (Å²) in [6.45, 7) is 8.43. The lowest BCUT2D eigenvalue weighted by Gasteiger charge is -2.28. The Morgan fingerprint density at radius 1 is 1.24 bits per heavy atom. The van der Waals surface area contributed by atoms with Gasteiger partial charge in [-0.1, -0.05) is 17.4 Å². The Kier molecular flexibility index (Phi) is 7.12. The molecule has 0 aliphatic carbocycles. The van der Waals surface area contributed by atoms with Crippen LogP contribution in [0.25, 0.3) is 16.3 Å². The van der Waals surface area contributed by atoms with Gasteiger partial charge in [-0.25, -0.2) is 4.98 Å². The van der Waals surface area contributed by atoms with Gasteiger partial charge in [0.2, 0.25) is 0 Å². The SMILES string of the molecule is Cc1cc(C)c2nc(N(CCN3CCOCC3)C(=O)/C=C/c3ccc([N+](=O)[O-])cc3)sc2c1. The fraction of sp³-hybridized carbons (Fsp3) is 0.333. The van der Waals surface area contributed by atoms with Crippen LogP contribution in [0.5, 0.6) is 0 Å². The standard InChI is InChI=1S/C24H26N4O4S/c1-17-15-18(2)23-21(16-17)33-24(25-23)27(10-9-26-11-13-32-14-12-26)22(29)8-5-19-3-6-20(7-4-19)28(30)31/h3-8,15-16H,9-14H2,1-2H3/b8-5+. The number of fused-ring (bicyclic) bond motifs is 1. The molecule has 2 heterocycles. The van der Waals surface area contributed by atoms with E-state index in [9.17, 15) is 14.9 Å². The van der Waals surface area contributed by atoms with Crippen LogP contribution in [-0.2, 0) is 9.53 Å². The quantitative estimate of drug-likeness (QED) is 0.295. The van der Waals surface area contributed by atoms with Gasteiger partial charge in [0.1, 0.15) is 0 Å². The van der Waals surface area contributed by atoms with Gasteiger partial charge in [-0.3, -0.25) is 24.7 Å². The van der Waals surface area contributed by atoms with Crippen molar-refractivity contribution in [2.45, 2.75) is 13.8 Å². The summed E-state index contributed by atoms with van der Waals surface area (Å²) in [5, 5.41) is 11.5. The first-order chi connectivity index (χ1) is 15.9. The van der Waals surface area contributed by atoms with E-state index in [1.54, 1.807) is 23.1 Å². The van der Waals surface area contributed by atoms with Crippen LogP contribution < -0.4 is 4.90 Å². The number of carbonyl (C=O) groups excluding carboxylic acids is 1. The van der Waals surface area contributed by atoms with Gasteiger partial charge in [-0.2, -0.15) is 0 Å². The fourth-order valence-corrected chi connectivity index (χ4v) is 4.98. The Bertz CT molecular complexity index is 1180. The molecule has 0 bridgehead atoms. The topological polar surface area (TPSA) is 88.8 Å². The second-order valence-corrected chi connectivity index (χ2v) is 9.06. The molecule has 33 heavy (non-hydrogen) atoms. The summed E-state index contributed by atoms with van der Waals surface area (Å²) in [4.78, 5) is 32.5. The number of amides is 1. The van der Waals surface area contributed by atoms with Gasteiger partial charge >= 0.3 is 0 Å². The monoisotopic (exact) mass is 466 g/mol. The number of hydrogen-bond acceptors (Lipinski definition) is 7. The number of hydrogen-bond donors (Lipinski definition) is 0. The first-order valence-corrected chi connectivity index (χ1v) is 11.6. The Hall–Kier alpha value is -3.14. The molecule has 0 spiro atoms. The summed E-state index contributed by atoms with van der Waals surface area (Å²) in [5.41, 5.74) is 3.92. The highest BCUT2D eigenvalue weighted by molar-refractivity contribution is 7.22. The summed E-state index contributed by atoms with van der Waals surface area (Å²) in [5.74, 6) is -0.171. The van der Waals surface area contributed by atoms with E-state index in [1.165, 1.54) is 35.1 Å². The first-order valence-electron chi connectivity index (χ1n) is 10.8. The van der Waals surface area contributed by atoms with E-state index in [1.807, 2.05) is 6.92 Å². The molecule has 1 aliphatic heterocycles. The number of morpholine rings is 1. The number of aryl methyl sites for hydroxylation is 2. The average molecular weight is 467 g/mol. The van der Waals surface area contributed by atoms with Gasteiger partial charge in [-0.05, 0) is 54.8 Å². The van der Waals surface area contributed by atoms with Gasteiger partial charge < -0.3 is 4.74 Å². The zero-order valence-electron chi connectivity index (χ0n) is 18.7. The molecule has 3 aromatic rings. The molecule has 0 atom stereocenters. The second-order valence-electron chi connectivity index (χ2n) is 8.05. The van der Waals surface area contributed by atoms with Crippen molar-refractivity contribution < 1.29 is 14.5 Å². The van der Waals surface area contributed by atoms with E-state index >= 15 is 0 Å². The van der Waals surface area contributed by atoms with E-state index in [0.29, 0.717) is 24.9 Å². The third-order valence-corrected chi connectivity index (χ3v) is 6.61. The molecule has 4 rings (SSSR count). The highest BCUT2D eigenvalue weighted by Crippen LogP contribution is 2.32. The maximum atomic E-state index is 13.2. The van der Waals surface area contributed by atoms with Crippen molar-refractivity contribution >= 4 is 44.4 Å². The van der Waals surface area contributed by atoms with Crippen LogP contribution in [0.3, 0.4) is 0 Å². The van der Waals surface area contributed by atoms with Gasteiger partial charge in [-0.15, -0.1) is 0 Å². The van der Waals surface area contributed by atoms with Crippen molar-refractivity contribution in [1.82, 2.24) is 9.88 Å². The summed E-state index contributed by atoms with van der Waals surface area (Å²) in [6, 6.07) is 10.3. The molecular formula is C24H26N4O4S. The second kappa shape index (κ2) is 10.2. The number of thiazole rings is 1. The maximum Gasteiger partial charge on any atom is 0.269 e. The molecule has 9 heteroatoms. The van der Waals surface area contributed by atoms with Crippen LogP contribution in [0.1, 0.15) is 16.7 Å². The lowest BCUT2D eigenvalue weighted by Crippen LogP contribution is -2.42. The molecule has 0 saturated carbocycles. The van der Waals surface area contributed by atoms with Crippen molar-refractivity contribution in [1.29, 1.82) is 0 Å². The zero-order valence-corrected chi connectivity index (χ0v) is 19.5. The third kappa shape index (κ3) is 5.62. The molecule has 172 valence electrons. The van der Waals surface area contributed by atoms with Crippen LogP contribution in [0.15, 0.2) is 42.5 Å². The number of nitro groups is 1. The first kappa shape index (κ1) is 23.0. The minimum Gasteiger partial charge on any atom is -0.379 e. The number of benzene rings is 2. The molecule has 0 radical (unpaired) electrons. The van der Waals surface area contributed by atoms with Crippen molar-refractivity contribution in [2.24, 2.45) is 0 Å². The lowest BCUT2D eigenvalue weighted by atomic mass is 10.1. The molecule has 1 fully saturated rings. The minimum atomic E-state index is -0.442. The smallest absolute Gasteiger partial charge is 0.269 e. The number of aromatic nitrogens is 1. The fourth-order valence-electron chi connectivity index (χ4n) is 3.81. The molecule has 1 amide bonds. The number of carbonyl (C=O) groups is 1. The van der Waals surface area contributed by atoms with Crippen molar-refractivity contribution in [3.63, 3.8) is 0 Å². The van der Waals surface area contributed by atoms with E-state index < -0.39 is 4.92 Å². The number of anilines is 1. The normalized spacial score (nSPS) is 14.7. The van der Waals surface area contributed by atoms with Crippen LogP contribution in [0.2, 0.25) is 0 Å². The summed E-state index contributed by atoms with van der Waals surface area (Å²) in [7, 11) is 0. The number of rotatable bonds is 7. The maximum absolute atomic E-state index is 13.2. The van der Waals surface area contributed by atoms with Crippen LogP contribution in [0, 0.1) is 24.0 Å². The highest BCUT2D eigenvalue weighted by Gasteiger charge is 2.20. The molecule has 2 aromatic carbocycles. The van der Waals surface area contributed by atoms with Gasteiger partial charge in [0, 0.05) is 44.4 Å². The zero-order chi connectivity index (χ0) is 23.4. The number of ether oxygens (including phenoxy) is 1. The molecule has 1 aliphatic rings. The largest absolute Gasteiger partial charge is 0.379 e. The van der Waals surface area contributed by atoms with Crippen LogP contribution in [-0.4, -0.2) is 60.1 Å². The molecule has 8 nitrogen and oxygen atoms in total. The Morgan fingerprint density at radius 3 is 2.67 bits per heavy atom. The molecular weight excluding hydrogens is 440 g/mol.